The zero-order valence-corrected chi connectivity index (χ0v) is 11.8. The van der Waals surface area contributed by atoms with E-state index in [-0.39, 0.29) is 36.9 Å². The first-order valence-corrected chi connectivity index (χ1v) is 8.10. The molecule has 0 spiro atoms. The third-order valence-electron chi connectivity index (χ3n) is 2.96. The molecule has 0 bridgehead atoms. The third kappa shape index (κ3) is 5.15. The molecule has 2 N–H and O–H groups in total. The minimum Gasteiger partial charge on any atom is -0.481 e. The molecule has 1 fully saturated rings. The number of carboxylic acids is 1. The van der Waals surface area contributed by atoms with Gasteiger partial charge in [-0.05, 0) is 13.0 Å². The van der Waals surface area contributed by atoms with E-state index < -0.39 is 21.8 Å². The number of nitrogens with one attached hydrogen (secondary N) is 1. The molecule has 1 aliphatic rings. The fourth-order valence-corrected chi connectivity index (χ4v) is 3.58. The second-order valence-electron chi connectivity index (χ2n) is 4.63. The van der Waals surface area contributed by atoms with Gasteiger partial charge in [0.05, 0.1) is 30.5 Å². The second-order valence-corrected chi connectivity index (χ2v) is 6.86. The number of sulfone groups is 1. The molecule has 19 heavy (non-hydrogen) atoms. The third-order valence-corrected chi connectivity index (χ3v) is 4.66. The quantitative estimate of drug-likeness (QED) is 0.614. The topological polar surface area (TPSA) is 104 Å². The summed E-state index contributed by atoms with van der Waals surface area (Å²) in [5, 5.41) is 11.7. The monoisotopic (exact) mass is 292 g/mol. The average Bonchev–Trinajstić information content (AvgIpc) is 2.27. The number of carbonyl (C=O) groups is 2. The van der Waals surface area contributed by atoms with Crippen molar-refractivity contribution in [3.63, 3.8) is 0 Å². The molecular weight excluding hydrogens is 272 g/mol. The lowest BCUT2D eigenvalue weighted by molar-refractivity contribution is -0.140. The van der Waals surface area contributed by atoms with Crippen LogP contribution in [0.25, 0.3) is 0 Å². The lowest BCUT2D eigenvalue weighted by atomic mass is 10.2. The molecule has 7 nitrogen and oxygen atoms in total. The number of rotatable bonds is 6. The van der Waals surface area contributed by atoms with Crippen LogP contribution in [0.15, 0.2) is 0 Å². The van der Waals surface area contributed by atoms with Gasteiger partial charge in [-0.1, -0.05) is 6.92 Å². The number of carboxylic acid groups (broad SMARTS) is 1. The summed E-state index contributed by atoms with van der Waals surface area (Å²) in [5.41, 5.74) is 0. The highest BCUT2D eigenvalue weighted by Crippen LogP contribution is 2.15. The van der Waals surface area contributed by atoms with Crippen molar-refractivity contribution in [1.82, 2.24) is 10.2 Å². The van der Waals surface area contributed by atoms with Crippen molar-refractivity contribution in [2.24, 2.45) is 0 Å². The molecule has 1 amide bonds. The number of hydrogen-bond acceptors (Lipinski definition) is 5. The predicted molar refractivity (Wildman–Crippen MR) is 69.6 cm³/mol. The molecule has 0 saturated carbocycles. The summed E-state index contributed by atoms with van der Waals surface area (Å²) in [6.07, 6.45) is 0.555. The Labute approximate surface area is 112 Å². The summed E-state index contributed by atoms with van der Waals surface area (Å²) < 4.78 is 23.0. The highest BCUT2D eigenvalue weighted by Gasteiger charge is 2.34. The van der Waals surface area contributed by atoms with Crippen LogP contribution < -0.4 is 5.32 Å². The van der Waals surface area contributed by atoms with Gasteiger partial charge in [0.1, 0.15) is 0 Å². The molecule has 0 aromatic heterocycles. The van der Waals surface area contributed by atoms with Crippen LogP contribution in [0, 0.1) is 0 Å². The zero-order valence-electron chi connectivity index (χ0n) is 11.0. The van der Waals surface area contributed by atoms with Crippen molar-refractivity contribution in [2.45, 2.75) is 25.8 Å². The van der Waals surface area contributed by atoms with Gasteiger partial charge in [-0.2, -0.15) is 0 Å². The lowest BCUT2D eigenvalue weighted by Crippen LogP contribution is -2.54. The van der Waals surface area contributed by atoms with Crippen LogP contribution in [0.1, 0.15) is 19.8 Å². The van der Waals surface area contributed by atoms with Crippen molar-refractivity contribution < 1.29 is 23.1 Å². The summed E-state index contributed by atoms with van der Waals surface area (Å²) in [7, 11) is -3.25. The predicted octanol–water partition coefficient (Wildman–Crippen LogP) is -0.914. The Morgan fingerprint density at radius 1 is 1.42 bits per heavy atom. The van der Waals surface area contributed by atoms with E-state index in [0.717, 1.165) is 6.42 Å². The molecule has 1 aliphatic heterocycles. The Morgan fingerprint density at radius 2 is 2.11 bits per heavy atom. The fourth-order valence-electron chi connectivity index (χ4n) is 2.06. The Kier molecular flexibility index (Phi) is 5.74. The smallest absolute Gasteiger partial charge is 0.305 e. The maximum absolute atomic E-state index is 12.0. The standard InChI is InChI=1S/C11H20N2O5S/c1-2-3-12-7-10(14)13-4-5-19(17,18)8-9(13)6-11(15)16/h9,12H,2-8H2,1H3,(H,15,16). The molecule has 0 radical (unpaired) electrons. The molecular formula is C11H20N2O5S. The van der Waals surface area contributed by atoms with Gasteiger partial charge in [-0.3, -0.25) is 9.59 Å². The van der Waals surface area contributed by atoms with Crippen LogP contribution in [0.4, 0.5) is 0 Å². The van der Waals surface area contributed by atoms with Gasteiger partial charge >= 0.3 is 5.97 Å². The first-order chi connectivity index (χ1) is 8.85. The van der Waals surface area contributed by atoms with Gasteiger partial charge in [0.15, 0.2) is 9.84 Å². The van der Waals surface area contributed by atoms with Gasteiger partial charge in [0.25, 0.3) is 0 Å². The van der Waals surface area contributed by atoms with E-state index in [0.29, 0.717) is 6.54 Å². The minimum atomic E-state index is -3.25. The first-order valence-electron chi connectivity index (χ1n) is 6.28. The van der Waals surface area contributed by atoms with Gasteiger partial charge in [-0.15, -0.1) is 0 Å². The molecule has 0 aliphatic carbocycles. The minimum absolute atomic E-state index is 0.0763. The molecule has 1 rings (SSSR count). The Morgan fingerprint density at radius 3 is 2.68 bits per heavy atom. The van der Waals surface area contributed by atoms with E-state index in [1.54, 1.807) is 0 Å². The van der Waals surface area contributed by atoms with Gasteiger partial charge < -0.3 is 15.3 Å². The molecule has 1 unspecified atom stereocenters. The van der Waals surface area contributed by atoms with Gasteiger partial charge in [0.2, 0.25) is 5.91 Å². The van der Waals surface area contributed by atoms with Crippen LogP contribution in [-0.4, -0.2) is 67.5 Å². The normalized spacial score (nSPS) is 22.2. The number of hydrogen-bond donors (Lipinski definition) is 2. The van der Waals surface area contributed by atoms with Crippen LogP contribution >= 0.6 is 0 Å². The van der Waals surface area contributed by atoms with Crippen molar-refractivity contribution in [3.8, 4) is 0 Å². The van der Waals surface area contributed by atoms with E-state index >= 15 is 0 Å². The van der Waals surface area contributed by atoms with Crippen molar-refractivity contribution in [3.05, 3.63) is 0 Å². The van der Waals surface area contributed by atoms with Crippen LogP contribution in [-0.2, 0) is 19.4 Å². The van der Waals surface area contributed by atoms with E-state index in [1.165, 1.54) is 4.90 Å². The fraction of sp³-hybridized carbons (Fsp3) is 0.818. The Hall–Kier alpha value is -1.15. The highest BCUT2D eigenvalue weighted by atomic mass is 32.2. The van der Waals surface area contributed by atoms with Gasteiger partial charge in [-0.25, -0.2) is 8.42 Å². The molecule has 1 saturated heterocycles. The van der Waals surface area contributed by atoms with Crippen LogP contribution in [0.2, 0.25) is 0 Å². The number of carbonyl (C=O) groups excluding carboxylic acids is 1. The van der Waals surface area contributed by atoms with E-state index in [4.69, 9.17) is 5.11 Å². The number of amides is 1. The molecule has 0 aromatic carbocycles. The second kappa shape index (κ2) is 6.85. The maximum Gasteiger partial charge on any atom is 0.305 e. The molecule has 1 heterocycles. The molecule has 8 heteroatoms. The zero-order chi connectivity index (χ0) is 14.5. The van der Waals surface area contributed by atoms with Gasteiger partial charge in [0, 0.05) is 6.54 Å². The van der Waals surface area contributed by atoms with E-state index in [1.807, 2.05) is 6.92 Å². The average molecular weight is 292 g/mol. The molecule has 0 aromatic rings. The van der Waals surface area contributed by atoms with Crippen LogP contribution in [0.5, 0.6) is 0 Å². The number of nitrogens with zero attached hydrogens (tertiary/aromatic N) is 1. The maximum atomic E-state index is 12.0. The Balaban J connectivity index is 2.67. The van der Waals surface area contributed by atoms with Crippen molar-refractivity contribution in [1.29, 1.82) is 0 Å². The lowest BCUT2D eigenvalue weighted by Gasteiger charge is -2.34. The summed E-state index contributed by atoms with van der Waals surface area (Å²) in [4.78, 5) is 24.1. The molecule has 110 valence electrons. The van der Waals surface area contributed by atoms with E-state index in [2.05, 4.69) is 5.32 Å². The van der Waals surface area contributed by atoms with Crippen molar-refractivity contribution in [2.75, 3.05) is 31.1 Å². The number of aliphatic carboxylic acids is 1. The molecule has 1 atom stereocenters. The summed E-state index contributed by atoms with van der Waals surface area (Å²) in [6.45, 7) is 2.86. The summed E-state index contributed by atoms with van der Waals surface area (Å²) >= 11 is 0. The largest absolute Gasteiger partial charge is 0.481 e. The van der Waals surface area contributed by atoms with Crippen LogP contribution in [0.3, 0.4) is 0 Å². The first kappa shape index (κ1) is 15.9. The summed E-state index contributed by atoms with van der Waals surface area (Å²) in [6, 6.07) is -0.757. The van der Waals surface area contributed by atoms with E-state index in [9.17, 15) is 18.0 Å². The Bertz CT molecular complexity index is 434. The van der Waals surface area contributed by atoms with Crippen molar-refractivity contribution >= 4 is 21.7 Å². The summed E-state index contributed by atoms with van der Waals surface area (Å²) in [5.74, 6) is -1.70. The SMILES string of the molecule is CCCNCC(=O)N1CCS(=O)(=O)CC1CC(=O)O. The highest BCUT2D eigenvalue weighted by molar-refractivity contribution is 7.91.